The molecular formula is C21H20N4O. The first-order valence-electron chi connectivity index (χ1n) is 8.73. The molecule has 0 saturated heterocycles. The van der Waals surface area contributed by atoms with E-state index < -0.39 is 0 Å². The van der Waals surface area contributed by atoms with Gasteiger partial charge in [0.1, 0.15) is 11.2 Å². The van der Waals surface area contributed by atoms with Crippen molar-refractivity contribution < 1.29 is 0 Å². The van der Waals surface area contributed by atoms with Gasteiger partial charge in [-0.15, -0.1) is 0 Å². The molecule has 2 heterocycles. The van der Waals surface area contributed by atoms with Gasteiger partial charge >= 0.3 is 0 Å². The molecule has 0 bridgehead atoms. The summed E-state index contributed by atoms with van der Waals surface area (Å²) in [6.45, 7) is 5.98. The van der Waals surface area contributed by atoms with Crippen LogP contribution in [0.5, 0.6) is 0 Å². The van der Waals surface area contributed by atoms with Gasteiger partial charge in [0.25, 0.3) is 5.56 Å². The molecule has 4 aromatic rings. The van der Waals surface area contributed by atoms with Gasteiger partial charge in [-0.1, -0.05) is 37.3 Å². The normalized spacial score (nSPS) is 11.2. The van der Waals surface area contributed by atoms with E-state index in [-0.39, 0.29) is 5.56 Å². The largest absolute Gasteiger partial charge is 0.269 e. The summed E-state index contributed by atoms with van der Waals surface area (Å²) in [6.07, 6.45) is 2.53. The van der Waals surface area contributed by atoms with Gasteiger partial charge < -0.3 is 0 Å². The number of benzene rings is 2. The molecule has 2 aromatic heterocycles. The third-order valence-corrected chi connectivity index (χ3v) is 4.69. The molecule has 26 heavy (non-hydrogen) atoms. The van der Waals surface area contributed by atoms with Crippen LogP contribution in [0.25, 0.3) is 22.4 Å². The zero-order valence-electron chi connectivity index (χ0n) is 15.1. The molecule has 4 rings (SSSR count). The fourth-order valence-electron chi connectivity index (χ4n) is 3.27. The van der Waals surface area contributed by atoms with Crippen molar-refractivity contribution in [1.82, 2.24) is 19.3 Å². The molecule has 0 N–H and O–H groups in total. The first kappa shape index (κ1) is 16.3. The highest BCUT2D eigenvalue weighted by molar-refractivity contribution is 5.76. The van der Waals surface area contributed by atoms with Crippen LogP contribution in [0.4, 0.5) is 0 Å². The monoisotopic (exact) mass is 344 g/mol. The second kappa shape index (κ2) is 6.26. The Labute approximate surface area is 151 Å². The summed E-state index contributed by atoms with van der Waals surface area (Å²) < 4.78 is 3.40. The third-order valence-electron chi connectivity index (χ3n) is 4.69. The summed E-state index contributed by atoms with van der Waals surface area (Å²) in [7, 11) is 0. The Kier molecular flexibility index (Phi) is 3.92. The molecule has 0 saturated carbocycles. The van der Waals surface area contributed by atoms with Gasteiger partial charge in [0.05, 0.1) is 17.6 Å². The summed E-state index contributed by atoms with van der Waals surface area (Å²) in [5.41, 5.74) is 4.52. The molecular weight excluding hydrogens is 324 g/mol. The minimum atomic E-state index is -0.0967. The molecule has 0 amide bonds. The molecule has 5 nitrogen and oxygen atoms in total. The predicted molar refractivity (Wildman–Crippen MR) is 103 cm³/mol. The van der Waals surface area contributed by atoms with Gasteiger partial charge in [0, 0.05) is 0 Å². The lowest BCUT2D eigenvalue weighted by Crippen LogP contribution is -2.22. The molecule has 130 valence electrons. The number of para-hydroxylation sites is 1. The van der Waals surface area contributed by atoms with Crippen LogP contribution in [-0.2, 0) is 6.42 Å². The van der Waals surface area contributed by atoms with Gasteiger partial charge in [-0.3, -0.25) is 9.36 Å². The number of hydrogen-bond acceptors (Lipinski definition) is 3. The van der Waals surface area contributed by atoms with E-state index in [0.717, 1.165) is 23.4 Å². The van der Waals surface area contributed by atoms with E-state index in [1.54, 1.807) is 15.4 Å². The Balaban J connectivity index is 1.97. The van der Waals surface area contributed by atoms with E-state index in [4.69, 9.17) is 4.98 Å². The van der Waals surface area contributed by atoms with Crippen molar-refractivity contribution in [3.63, 3.8) is 0 Å². The number of fused-ring (bicyclic) bond motifs is 1. The van der Waals surface area contributed by atoms with E-state index in [2.05, 4.69) is 18.1 Å². The quantitative estimate of drug-likeness (QED) is 0.569. The number of nitrogens with zero attached hydrogens (tertiary/aromatic N) is 4. The molecule has 0 fully saturated rings. The Morgan fingerprint density at radius 3 is 2.62 bits per heavy atom. The van der Waals surface area contributed by atoms with Crippen molar-refractivity contribution in [1.29, 1.82) is 0 Å². The fourth-order valence-corrected chi connectivity index (χ4v) is 3.27. The van der Waals surface area contributed by atoms with Crippen LogP contribution >= 0.6 is 0 Å². The smallest absolute Gasteiger partial charge is 0.268 e. The Morgan fingerprint density at radius 2 is 1.85 bits per heavy atom. The number of aryl methyl sites for hydroxylation is 3. The van der Waals surface area contributed by atoms with E-state index in [9.17, 15) is 4.79 Å². The molecule has 0 atom stereocenters. The topological polar surface area (TPSA) is 52.7 Å². The van der Waals surface area contributed by atoms with Crippen LogP contribution in [0.15, 0.2) is 59.5 Å². The van der Waals surface area contributed by atoms with Crippen molar-refractivity contribution in [3.05, 3.63) is 82.0 Å². The predicted octanol–water partition coefficient (Wildman–Crippen LogP) is 3.75. The lowest BCUT2D eigenvalue weighted by atomic mass is 10.1. The second-order valence-electron chi connectivity index (χ2n) is 6.40. The minimum absolute atomic E-state index is 0.0967. The highest BCUT2D eigenvalue weighted by Gasteiger charge is 2.16. The van der Waals surface area contributed by atoms with E-state index in [1.807, 2.05) is 56.3 Å². The molecule has 0 unspecified atom stereocenters. The van der Waals surface area contributed by atoms with Gasteiger partial charge in [-0.25, -0.2) is 9.67 Å². The summed E-state index contributed by atoms with van der Waals surface area (Å²) in [5, 5.41) is 4.95. The van der Waals surface area contributed by atoms with Crippen LogP contribution in [0, 0.1) is 13.8 Å². The minimum Gasteiger partial charge on any atom is -0.268 e. The van der Waals surface area contributed by atoms with Crippen molar-refractivity contribution in [3.8, 4) is 11.4 Å². The highest BCUT2D eigenvalue weighted by Crippen LogP contribution is 2.19. The van der Waals surface area contributed by atoms with Gasteiger partial charge in [0.15, 0.2) is 5.65 Å². The fraction of sp³-hybridized carbons (Fsp3) is 0.190. The lowest BCUT2D eigenvalue weighted by Gasteiger charge is -2.12. The van der Waals surface area contributed by atoms with Crippen molar-refractivity contribution in [2.24, 2.45) is 0 Å². The average Bonchev–Trinajstić information content (AvgIpc) is 3.06. The number of aromatic nitrogens is 4. The van der Waals surface area contributed by atoms with Crippen molar-refractivity contribution in [2.45, 2.75) is 27.2 Å². The van der Waals surface area contributed by atoms with Crippen LogP contribution in [0.3, 0.4) is 0 Å². The van der Waals surface area contributed by atoms with Crippen molar-refractivity contribution in [2.75, 3.05) is 0 Å². The summed E-state index contributed by atoms with van der Waals surface area (Å²) in [5.74, 6) is 0.645. The Bertz CT molecular complexity index is 1170. The molecule has 0 aliphatic carbocycles. The molecule has 0 aliphatic heterocycles. The zero-order valence-corrected chi connectivity index (χ0v) is 15.1. The maximum atomic E-state index is 13.1. The molecule has 0 aliphatic rings. The second-order valence-corrected chi connectivity index (χ2v) is 6.40. The summed E-state index contributed by atoms with van der Waals surface area (Å²) in [4.78, 5) is 17.9. The molecule has 2 aromatic carbocycles. The Morgan fingerprint density at radius 1 is 1.04 bits per heavy atom. The van der Waals surface area contributed by atoms with E-state index >= 15 is 0 Å². The van der Waals surface area contributed by atoms with Gasteiger partial charge in [0.2, 0.25) is 0 Å². The maximum absolute atomic E-state index is 13.1. The number of hydrogen-bond donors (Lipinski definition) is 0. The summed E-state index contributed by atoms with van der Waals surface area (Å²) >= 11 is 0. The van der Waals surface area contributed by atoms with Crippen LogP contribution in [0.2, 0.25) is 0 Å². The summed E-state index contributed by atoms with van der Waals surface area (Å²) in [6, 6.07) is 16.0. The van der Waals surface area contributed by atoms with Gasteiger partial charge in [-0.2, -0.15) is 5.10 Å². The first-order chi connectivity index (χ1) is 12.6. The molecule has 0 spiro atoms. The lowest BCUT2D eigenvalue weighted by molar-refractivity contribution is 0.855. The van der Waals surface area contributed by atoms with Crippen LogP contribution in [0.1, 0.15) is 23.9 Å². The van der Waals surface area contributed by atoms with Crippen LogP contribution in [-0.4, -0.2) is 19.3 Å². The standard InChI is InChI=1S/C21H20N4O/c1-4-16-9-7-10-17(12-16)24-15(3)23-20-18(21(24)26)13-22-25(20)19-11-6-5-8-14(19)2/h5-13H,4H2,1-3H3. The first-order valence-corrected chi connectivity index (χ1v) is 8.73. The highest BCUT2D eigenvalue weighted by atomic mass is 16.1. The zero-order chi connectivity index (χ0) is 18.3. The van der Waals surface area contributed by atoms with Gasteiger partial charge in [-0.05, 0) is 49.6 Å². The number of rotatable bonds is 3. The molecule has 5 heteroatoms. The van der Waals surface area contributed by atoms with E-state index in [1.165, 1.54) is 5.56 Å². The average molecular weight is 344 g/mol. The van der Waals surface area contributed by atoms with E-state index in [0.29, 0.717) is 16.9 Å². The maximum Gasteiger partial charge on any atom is 0.269 e. The van der Waals surface area contributed by atoms with Crippen molar-refractivity contribution >= 4 is 11.0 Å². The third kappa shape index (κ3) is 2.52. The Hall–Kier alpha value is -3.21. The SMILES string of the molecule is CCc1cccc(-n2c(C)nc3c(cnn3-c3ccccc3C)c2=O)c1. The molecule has 0 radical (unpaired) electrons. The van der Waals surface area contributed by atoms with Crippen LogP contribution < -0.4 is 5.56 Å².